The van der Waals surface area contributed by atoms with Gasteiger partial charge < -0.3 is 14.0 Å². The smallest absolute Gasteiger partial charge is 0.344 e. The second-order valence-corrected chi connectivity index (χ2v) is 7.06. The molecule has 0 N–H and O–H groups in total. The molecule has 9 nitrogen and oxygen atoms in total. The predicted molar refractivity (Wildman–Crippen MR) is 113 cm³/mol. The van der Waals surface area contributed by atoms with Crippen molar-refractivity contribution >= 4 is 11.8 Å². The summed E-state index contributed by atoms with van der Waals surface area (Å²) in [5.74, 6) is 0.684. The van der Waals surface area contributed by atoms with E-state index in [0.717, 1.165) is 5.69 Å². The Morgan fingerprint density at radius 3 is 2.59 bits per heavy atom. The van der Waals surface area contributed by atoms with Crippen molar-refractivity contribution in [1.82, 2.24) is 19.7 Å². The quantitative estimate of drug-likeness (QED) is 0.318. The van der Waals surface area contributed by atoms with Gasteiger partial charge in [-0.15, -0.1) is 0 Å². The van der Waals surface area contributed by atoms with Crippen LogP contribution in [0, 0.1) is 20.8 Å². The molecule has 0 bridgehead atoms. The lowest BCUT2D eigenvalue weighted by Crippen LogP contribution is -2.16. The zero-order valence-corrected chi connectivity index (χ0v) is 17.7. The summed E-state index contributed by atoms with van der Waals surface area (Å²) in [6, 6.07) is 10.0. The van der Waals surface area contributed by atoms with Gasteiger partial charge in [0.15, 0.2) is 12.4 Å². The first kappa shape index (κ1) is 21.0. The zero-order chi connectivity index (χ0) is 22.7. The minimum atomic E-state index is -0.716. The van der Waals surface area contributed by atoms with Crippen molar-refractivity contribution in [1.29, 1.82) is 0 Å². The highest BCUT2D eigenvalue weighted by Crippen LogP contribution is 2.24. The van der Waals surface area contributed by atoms with Crippen LogP contribution in [0.1, 0.15) is 37.9 Å². The van der Waals surface area contributed by atoms with Gasteiger partial charge >= 0.3 is 5.97 Å². The number of aromatic nitrogens is 4. The highest BCUT2D eigenvalue weighted by Gasteiger charge is 2.21. The fourth-order valence-corrected chi connectivity index (χ4v) is 3.29. The van der Waals surface area contributed by atoms with Crippen molar-refractivity contribution in [3.05, 3.63) is 83.3 Å². The van der Waals surface area contributed by atoms with E-state index in [1.165, 1.54) is 18.5 Å². The SMILES string of the molecule is Cc1cc(-n2c(C)cc(C(=O)COC(=O)c3cccnc3Oc3cccnc3)c2C)no1. The molecule has 0 atom stereocenters. The van der Waals surface area contributed by atoms with Gasteiger partial charge in [-0.25, -0.2) is 9.78 Å². The third kappa shape index (κ3) is 4.27. The van der Waals surface area contributed by atoms with Gasteiger partial charge in [-0.05, 0) is 51.1 Å². The van der Waals surface area contributed by atoms with Crippen molar-refractivity contribution in [3.8, 4) is 17.4 Å². The number of esters is 1. The summed E-state index contributed by atoms with van der Waals surface area (Å²) < 4.78 is 17.8. The third-order valence-electron chi connectivity index (χ3n) is 4.75. The Bertz CT molecular complexity index is 1280. The van der Waals surface area contributed by atoms with Gasteiger partial charge in [-0.1, -0.05) is 5.16 Å². The minimum absolute atomic E-state index is 0.0672. The predicted octanol–water partition coefficient (Wildman–Crippen LogP) is 4.01. The first-order chi connectivity index (χ1) is 15.4. The lowest BCUT2D eigenvalue weighted by Gasteiger charge is -2.09. The molecule has 32 heavy (non-hydrogen) atoms. The number of pyridine rings is 2. The monoisotopic (exact) mass is 432 g/mol. The van der Waals surface area contributed by atoms with Crippen molar-refractivity contribution < 1.29 is 23.6 Å². The van der Waals surface area contributed by atoms with Gasteiger partial charge in [0.1, 0.15) is 17.1 Å². The van der Waals surface area contributed by atoms with Crippen LogP contribution in [0.2, 0.25) is 0 Å². The number of nitrogens with zero attached hydrogens (tertiary/aromatic N) is 4. The van der Waals surface area contributed by atoms with Gasteiger partial charge in [0.05, 0.1) is 6.20 Å². The summed E-state index contributed by atoms with van der Waals surface area (Å²) in [6.45, 7) is 5.02. The van der Waals surface area contributed by atoms with Crippen molar-refractivity contribution in [2.45, 2.75) is 20.8 Å². The van der Waals surface area contributed by atoms with E-state index in [4.69, 9.17) is 14.0 Å². The molecule has 0 aromatic carbocycles. The Balaban J connectivity index is 1.48. The molecule has 4 heterocycles. The van der Waals surface area contributed by atoms with Gasteiger partial charge in [-0.2, -0.15) is 0 Å². The van der Waals surface area contributed by atoms with E-state index in [0.29, 0.717) is 28.6 Å². The second kappa shape index (κ2) is 8.84. The standard InChI is InChI=1S/C23H20N4O5/c1-14-10-19(16(3)27(14)21-11-15(2)32-26-21)20(28)13-30-23(29)18-7-5-9-25-22(18)31-17-6-4-8-24-12-17/h4-12H,13H2,1-3H3. The molecule has 0 amide bonds. The van der Waals surface area contributed by atoms with Crippen molar-refractivity contribution in [2.75, 3.05) is 6.61 Å². The van der Waals surface area contributed by atoms with Crippen LogP contribution in [0.3, 0.4) is 0 Å². The fraction of sp³-hybridized carbons (Fsp3) is 0.174. The largest absolute Gasteiger partial charge is 0.454 e. The third-order valence-corrected chi connectivity index (χ3v) is 4.75. The first-order valence-electron chi connectivity index (χ1n) is 9.80. The molecule has 4 aromatic heterocycles. The molecule has 4 rings (SSSR count). The topological polar surface area (TPSA) is 109 Å². The second-order valence-electron chi connectivity index (χ2n) is 7.06. The maximum Gasteiger partial charge on any atom is 0.344 e. The average molecular weight is 432 g/mol. The van der Waals surface area contributed by atoms with Gasteiger partial charge in [-0.3, -0.25) is 14.3 Å². The Morgan fingerprint density at radius 2 is 1.88 bits per heavy atom. The first-order valence-corrected chi connectivity index (χ1v) is 9.80. The highest BCUT2D eigenvalue weighted by atomic mass is 16.5. The molecule has 0 radical (unpaired) electrons. The lowest BCUT2D eigenvalue weighted by atomic mass is 10.1. The van der Waals surface area contributed by atoms with E-state index in [-0.39, 0.29) is 17.2 Å². The fourth-order valence-electron chi connectivity index (χ4n) is 3.29. The number of carbonyl (C=O) groups excluding carboxylic acids is 2. The van der Waals surface area contributed by atoms with E-state index in [1.807, 2.05) is 11.5 Å². The molecule has 0 saturated carbocycles. The molecule has 0 aliphatic carbocycles. The van der Waals surface area contributed by atoms with Crippen LogP contribution >= 0.6 is 0 Å². The molecule has 0 aliphatic rings. The highest BCUT2D eigenvalue weighted by molar-refractivity contribution is 6.01. The summed E-state index contributed by atoms with van der Waals surface area (Å²) >= 11 is 0. The Morgan fingerprint density at radius 1 is 1.06 bits per heavy atom. The molecular weight excluding hydrogens is 412 g/mol. The Kier molecular flexibility index (Phi) is 5.80. The van der Waals surface area contributed by atoms with Gasteiger partial charge in [0, 0.05) is 35.4 Å². The molecule has 0 unspecified atom stereocenters. The number of aryl methyl sites for hydroxylation is 2. The Labute approximate surface area is 183 Å². The summed E-state index contributed by atoms with van der Waals surface area (Å²) in [6.07, 6.45) is 4.60. The molecular formula is C23H20N4O5. The molecule has 162 valence electrons. The van der Waals surface area contributed by atoms with E-state index in [1.54, 1.807) is 50.4 Å². The van der Waals surface area contributed by atoms with Crippen LogP contribution in [-0.4, -0.2) is 38.1 Å². The zero-order valence-electron chi connectivity index (χ0n) is 17.7. The van der Waals surface area contributed by atoms with E-state index >= 15 is 0 Å². The number of rotatable bonds is 7. The number of ketones is 1. The van der Waals surface area contributed by atoms with Crippen LogP contribution < -0.4 is 4.74 Å². The maximum atomic E-state index is 12.8. The molecule has 0 spiro atoms. The number of Topliss-reactive ketones (excluding diaryl/α,β-unsaturated/α-hetero) is 1. The van der Waals surface area contributed by atoms with Crippen molar-refractivity contribution in [2.24, 2.45) is 0 Å². The number of ether oxygens (including phenoxy) is 2. The average Bonchev–Trinajstić information content (AvgIpc) is 3.34. The Hall–Kier alpha value is -4.27. The summed E-state index contributed by atoms with van der Waals surface area (Å²) in [7, 11) is 0. The van der Waals surface area contributed by atoms with Gasteiger partial charge in [0.25, 0.3) is 0 Å². The van der Waals surface area contributed by atoms with Crippen LogP contribution in [0.25, 0.3) is 5.82 Å². The van der Waals surface area contributed by atoms with Crippen LogP contribution in [-0.2, 0) is 4.74 Å². The van der Waals surface area contributed by atoms with Crippen LogP contribution in [0.15, 0.2) is 59.5 Å². The van der Waals surface area contributed by atoms with Gasteiger partial charge in [0.2, 0.25) is 11.7 Å². The normalized spacial score (nSPS) is 10.7. The number of hydrogen-bond acceptors (Lipinski definition) is 8. The molecule has 0 fully saturated rings. The van der Waals surface area contributed by atoms with Crippen LogP contribution in [0.5, 0.6) is 11.6 Å². The molecule has 4 aromatic rings. The molecule has 0 saturated heterocycles. The van der Waals surface area contributed by atoms with Crippen LogP contribution in [0.4, 0.5) is 0 Å². The summed E-state index contributed by atoms with van der Waals surface area (Å²) in [4.78, 5) is 33.5. The summed E-state index contributed by atoms with van der Waals surface area (Å²) in [5.41, 5.74) is 2.03. The number of hydrogen-bond donors (Lipinski definition) is 0. The number of carbonyl (C=O) groups is 2. The van der Waals surface area contributed by atoms with E-state index < -0.39 is 12.6 Å². The van der Waals surface area contributed by atoms with E-state index in [2.05, 4.69) is 15.1 Å². The lowest BCUT2D eigenvalue weighted by molar-refractivity contribution is 0.0471. The maximum absolute atomic E-state index is 12.8. The molecule has 9 heteroatoms. The molecule has 0 aliphatic heterocycles. The van der Waals surface area contributed by atoms with E-state index in [9.17, 15) is 9.59 Å². The minimum Gasteiger partial charge on any atom is -0.454 e. The van der Waals surface area contributed by atoms with Crippen molar-refractivity contribution in [3.63, 3.8) is 0 Å². The summed E-state index contributed by atoms with van der Waals surface area (Å²) in [5, 5.41) is 4.00.